The van der Waals surface area contributed by atoms with Crippen molar-refractivity contribution < 1.29 is 9.53 Å². The van der Waals surface area contributed by atoms with Gasteiger partial charge in [-0.25, -0.2) is 0 Å². The topological polar surface area (TPSA) is 26.3 Å². The molecule has 0 aromatic heterocycles. The van der Waals surface area contributed by atoms with Gasteiger partial charge in [0.25, 0.3) is 0 Å². The maximum Gasteiger partial charge on any atom is 0.314 e. The van der Waals surface area contributed by atoms with Gasteiger partial charge in [0.1, 0.15) is 0 Å². The average Bonchev–Trinajstić information content (AvgIpc) is 2.93. The number of hydrogen-bond acceptors (Lipinski definition) is 2. The average molecular weight is 266 g/mol. The second-order valence-electron chi connectivity index (χ2n) is 3.39. The molecular weight excluding hydrogens is 258 g/mol. The molecule has 0 amide bonds. The zero-order chi connectivity index (χ0) is 11.0. The van der Waals surface area contributed by atoms with Crippen molar-refractivity contribution in [2.24, 2.45) is 5.92 Å². The Balaban J connectivity index is 2.23. The third-order valence-electron chi connectivity index (χ3n) is 2.08. The summed E-state index contributed by atoms with van der Waals surface area (Å²) in [6.07, 6.45) is 1.75. The van der Waals surface area contributed by atoms with Gasteiger partial charge in [0.15, 0.2) is 5.75 Å². The van der Waals surface area contributed by atoms with Gasteiger partial charge in [-0.05, 0) is 25.0 Å². The molecule has 0 saturated heterocycles. The summed E-state index contributed by atoms with van der Waals surface area (Å²) >= 11 is 17.4. The van der Waals surface area contributed by atoms with Crippen molar-refractivity contribution in [1.82, 2.24) is 0 Å². The standard InChI is InChI=1S/C10H7Cl3O2/c11-6-3-7(12)9(8(13)4-6)15-10(14)5-1-2-5/h3-5H,1-2H2. The van der Waals surface area contributed by atoms with Crippen LogP contribution < -0.4 is 4.74 Å². The molecule has 1 aliphatic rings. The zero-order valence-corrected chi connectivity index (χ0v) is 9.86. The molecule has 1 aromatic carbocycles. The molecule has 2 nitrogen and oxygen atoms in total. The molecule has 0 bridgehead atoms. The highest BCUT2D eigenvalue weighted by Crippen LogP contribution is 2.38. The van der Waals surface area contributed by atoms with Crippen molar-refractivity contribution in [3.63, 3.8) is 0 Å². The largest absolute Gasteiger partial charge is 0.423 e. The SMILES string of the molecule is O=C(Oc1c(Cl)cc(Cl)cc1Cl)C1CC1. The van der Waals surface area contributed by atoms with E-state index >= 15 is 0 Å². The number of ether oxygens (including phenoxy) is 1. The van der Waals surface area contributed by atoms with Crippen LogP contribution in [0.4, 0.5) is 0 Å². The van der Waals surface area contributed by atoms with Crippen molar-refractivity contribution in [3.8, 4) is 5.75 Å². The zero-order valence-electron chi connectivity index (χ0n) is 7.60. The lowest BCUT2D eigenvalue weighted by Crippen LogP contribution is -2.10. The highest BCUT2D eigenvalue weighted by molar-refractivity contribution is 6.40. The van der Waals surface area contributed by atoms with E-state index in [0.717, 1.165) is 12.8 Å². The highest BCUT2D eigenvalue weighted by Gasteiger charge is 2.32. The van der Waals surface area contributed by atoms with E-state index in [1.165, 1.54) is 12.1 Å². The van der Waals surface area contributed by atoms with Crippen molar-refractivity contribution in [1.29, 1.82) is 0 Å². The predicted molar refractivity (Wildman–Crippen MR) is 59.8 cm³/mol. The van der Waals surface area contributed by atoms with Crippen LogP contribution in [0.5, 0.6) is 5.75 Å². The van der Waals surface area contributed by atoms with Crippen LogP contribution in [0, 0.1) is 5.92 Å². The first-order valence-electron chi connectivity index (χ1n) is 4.44. The molecule has 1 aliphatic carbocycles. The van der Waals surface area contributed by atoms with E-state index < -0.39 is 0 Å². The maximum atomic E-state index is 11.4. The van der Waals surface area contributed by atoms with Crippen LogP contribution in [0.1, 0.15) is 12.8 Å². The fourth-order valence-corrected chi connectivity index (χ4v) is 2.02. The van der Waals surface area contributed by atoms with Crippen molar-refractivity contribution in [2.75, 3.05) is 0 Å². The van der Waals surface area contributed by atoms with E-state index in [1.807, 2.05) is 0 Å². The molecule has 1 aromatic rings. The Labute approximate surface area is 102 Å². The Morgan fingerprint density at radius 3 is 2.20 bits per heavy atom. The third-order valence-corrected chi connectivity index (χ3v) is 2.86. The number of rotatable bonds is 2. The summed E-state index contributed by atoms with van der Waals surface area (Å²) < 4.78 is 5.09. The van der Waals surface area contributed by atoms with E-state index in [2.05, 4.69) is 0 Å². The molecule has 0 N–H and O–H groups in total. The van der Waals surface area contributed by atoms with Gasteiger partial charge in [-0.2, -0.15) is 0 Å². The molecule has 0 radical (unpaired) electrons. The summed E-state index contributed by atoms with van der Waals surface area (Å²) in [6, 6.07) is 2.98. The molecule has 80 valence electrons. The first-order valence-corrected chi connectivity index (χ1v) is 5.57. The predicted octanol–water partition coefficient (Wildman–Crippen LogP) is 3.96. The van der Waals surface area contributed by atoms with Gasteiger partial charge in [-0.3, -0.25) is 4.79 Å². The summed E-state index contributed by atoms with van der Waals surface area (Å²) in [5, 5.41) is 0.916. The number of carbonyl (C=O) groups excluding carboxylic acids is 1. The number of benzene rings is 1. The number of hydrogen-bond donors (Lipinski definition) is 0. The van der Waals surface area contributed by atoms with Gasteiger partial charge in [-0.1, -0.05) is 34.8 Å². The Hall–Kier alpha value is -0.440. The van der Waals surface area contributed by atoms with Crippen LogP contribution in [0.2, 0.25) is 15.1 Å². The van der Waals surface area contributed by atoms with Gasteiger partial charge in [0.05, 0.1) is 16.0 Å². The second-order valence-corrected chi connectivity index (χ2v) is 4.64. The fourth-order valence-electron chi connectivity index (χ4n) is 1.13. The summed E-state index contributed by atoms with van der Waals surface area (Å²) in [7, 11) is 0. The normalized spacial score (nSPS) is 15.1. The summed E-state index contributed by atoms with van der Waals surface area (Å²) in [6.45, 7) is 0. The molecule has 15 heavy (non-hydrogen) atoms. The van der Waals surface area contributed by atoms with Crippen molar-refractivity contribution >= 4 is 40.8 Å². The first-order chi connectivity index (χ1) is 7.08. The van der Waals surface area contributed by atoms with Crippen molar-refractivity contribution in [3.05, 3.63) is 27.2 Å². The van der Waals surface area contributed by atoms with Crippen LogP contribution >= 0.6 is 34.8 Å². The van der Waals surface area contributed by atoms with Gasteiger partial charge in [-0.15, -0.1) is 0 Å². The molecule has 1 saturated carbocycles. The van der Waals surface area contributed by atoms with E-state index in [-0.39, 0.29) is 27.7 Å². The fraction of sp³-hybridized carbons (Fsp3) is 0.300. The van der Waals surface area contributed by atoms with E-state index in [4.69, 9.17) is 39.5 Å². The Bertz CT molecular complexity index is 390. The molecule has 0 heterocycles. The molecule has 0 atom stereocenters. The molecule has 0 unspecified atom stereocenters. The quantitative estimate of drug-likeness (QED) is 0.597. The summed E-state index contributed by atoms with van der Waals surface area (Å²) in [4.78, 5) is 11.4. The van der Waals surface area contributed by atoms with E-state index in [9.17, 15) is 4.79 Å². The van der Waals surface area contributed by atoms with Gasteiger partial charge in [0.2, 0.25) is 0 Å². The minimum atomic E-state index is -0.277. The van der Waals surface area contributed by atoms with E-state index in [1.54, 1.807) is 0 Å². The van der Waals surface area contributed by atoms with Crippen LogP contribution in [0.25, 0.3) is 0 Å². The lowest BCUT2D eigenvalue weighted by molar-refractivity contribution is -0.135. The Morgan fingerprint density at radius 1 is 1.20 bits per heavy atom. The van der Waals surface area contributed by atoms with Crippen molar-refractivity contribution in [2.45, 2.75) is 12.8 Å². The Morgan fingerprint density at radius 2 is 1.73 bits per heavy atom. The first kappa shape index (κ1) is 11.1. The van der Waals surface area contributed by atoms with Crippen LogP contribution in [0.3, 0.4) is 0 Å². The number of carbonyl (C=O) groups is 1. The molecular formula is C10H7Cl3O2. The smallest absolute Gasteiger partial charge is 0.314 e. The molecule has 1 fully saturated rings. The van der Waals surface area contributed by atoms with Gasteiger partial charge < -0.3 is 4.74 Å². The maximum absolute atomic E-state index is 11.4. The van der Waals surface area contributed by atoms with Crippen LogP contribution in [-0.4, -0.2) is 5.97 Å². The number of halogens is 3. The molecule has 2 rings (SSSR count). The minimum absolute atomic E-state index is 0.00723. The molecule has 0 spiro atoms. The lowest BCUT2D eigenvalue weighted by Gasteiger charge is -2.07. The minimum Gasteiger partial charge on any atom is -0.423 e. The Kier molecular flexibility index (Phi) is 3.10. The molecule has 0 aliphatic heterocycles. The van der Waals surface area contributed by atoms with Crippen LogP contribution in [0.15, 0.2) is 12.1 Å². The van der Waals surface area contributed by atoms with E-state index in [0.29, 0.717) is 5.02 Å². The third kappa shape index (κ3) is 2.57. The second kappa shape index (κ2) is 4.20. The monoisotopic (exact) mass is 264 g/mol. The van der Waals surface area contributed by atoms with Gasteiger partial charge >= 0.3 is 5.97 Å². The van der Waals surface area contributed by atoms with Gasteiger partial charge in [0, 0.05) is 5.02 Å². The molecule has 5 heteroatoms. The summed E-state index contributed by atoms with van der Waals surface area (Å²) in [5.41, 5.74) is 0. The highest BCUT2D eigenvalue weighted by atomic mass is 35.5. The summed E-state index contributed by atoms with van der Waals surface area (Å²) in [5.74, 6) is -0.0754. The lowest BCUT2D eigenvalue weighted by atomic mass is 10.3. The number of esters is 1. The van der Waals surface area contributed by atoms with Crippen LogP contribution in [-0.2, 0) is 4.79 Å².